The van der Waals surface area contributed by atoms with Crippen molar-refractivity contribution in [3.8, 4) is 0 Å². The van der Waals surface area contributed by atoms with Crippen molar-refractivity contribution >= 4 is 33.4 Å². The molecule has 21 heavy (non-hydrogen) atoms. The number of carbonyl (C=O) groups is 1. The molecule has 2 nitrogen and oxygen atoms in total. The number of hydrogen-bond acceptors (Lipinski definition) is 1. The number of nitrogens with zero attached hydrogens (tertiary/aromatic N) is 1. The van der Waals surface area contributed by atoms with Gasteiger partial charge in [-0.1, -0.05) is 32.4 Å². The molecule has 1 aromatic carbocycles. The van der Waals surface area contributed by atoms with Gasteiger partial charge in [-0.25, -0.2) is 0 Å². The summed E-state index contributed by atoms with van der Waals surface area (Å²) < 4.78 is 0.775. The first-order valence-electron chi connectivity index (χ1n) is 7.53. The number of amides is 1. The van der Waals surface area contributed by atoms with Gasteiger partial charge < -0.3 is 4.90 Å². The summed E-state index contributed by atoms with van der Waals surface area (Å²) in [6, 6.07) is 5.36. The number of carbonyl (C=O) groups excluding carboxylic acids is 1. The lowest BCUT2D eigenvalue weighted by molar-refractivity contribution is 0.0754. The van der Waals surface area contributed by atoms with Crippen LogP contribution in [0.15, 0.2) is 22.7 Å². The van der Waals surface area contributed by atoms with Gasteiger partial charge in [-0.3, -0.25) is 4.79 Å². The van der Waals surface area contributed by atoms with E-state index in [9.17, 15) is 4.79 Å². The minimum Gasteiger partial charge on any atom is -0.339 e. The molecule has 0 N–H and O–H groups in total. The largest absolute Gasteiger partial charge is 0.339 e. The SMILES string of the molecule is CC(C)(C)C1CCCN(C(=O)c2ccc(Cl)cc2Br)CC1. The van der Waals surface area contributed by atoms with Crippen molar-refractivity contribution in [3.05, 3.63) is 33.3 Å². The summed E-state index contributed by atoms with van der Waals surface area (Å²) in [6.45, 7) is 8.58. The van der Waals surface area contributed by atoms with E-state index < -0.39 is 0 Å². The van der Waals surface area contributed by atoms with Gasteiger partial charge >= 0.3 is 0 Å². The third-order valence-electron chi connectivity index (χ3n) is 4.40. The van der Waals surface area contributed by atoms with Gasteiger partial charge in [0, 0.05) is 22.6 Å². The lowest BCUT2D eigenvalue weighted by Gasteiger charge is -2.29. The van der Waals surface area contributed by atoms with Crippen LogP contribution < -0.4 is 0 Å². The van der Waals surface area contributed by atoms with E-state index >= 15 is 0 Å². The van der Waals surface area contributed by atoms with E-state index in [1.54, 1.807) is 18.2 Å². The maximum absolute atomic E-state index is 12.7. The molecular weight excluding hydrogens is 350 g/mol. The van der Waals surface area contributed by atoms with Gasteiger partial charge in [0.05, 0.1) is 5.56 Å². The first kappa shape index (κ1) is 16.8. The molecule has 0 aliphatic carbocycles. The first-order valence-corrected chi connectivity index (χ1v) is 8.70. The van der Waals surface area contributed by atoms with Crippen LogP contribution in [-0.4, -0.2) is 23.9 Å². The van der Waals surface area contributed by atoms with Gasteiger partial charge in [-0.2, -0.15) is 0 Å². The highest BCUT2D eigenvalue weighted by Crippen LogP contribution is 2.34. The number of rotatable bonds is 1. The zero-order valence-electron chi connectivity index (χ0n) is 13.0. The molecule has 0 bridgehead atoms. The Morgan fingerprint density at radius 1 is 1.29 bits per heavy atom. The molecule has 1 fully saturated rings. The van der Waals surface area contributed by atoms with Gasteiger partial charge in [0.1, 0.15) is 0 Å². The minimum absolute atomic E-state index is 0.105. The molecule has 1 aliphatic heterocycles. The molecule has 0 spiro atoms. The van der Waals surface area contributed by atoms with E-state index in [1.165, 1.54) is 6.42 Å². The van der Waals surface area contributed by atoms with E-state index in [2.05, 4.69) is 36.7 Å². The molecule has 1 unspecified atom stereocenters. The van der Waals surface area contributed by atoms with E-state index in [1.807, 2.05) is 4.90 Å². The van der Waals surface area contributed by atoms with Crippen LogP contribution in [0.25, 0.3) is 0 Å². The standard InChI is InChI=1S/C17H23BrClNO/c1-17(2,3)12-5-4-9-20(10-8-12)16(21)14-7-6-13(19)11-15(14)18/h6-7,11-12H,4-5,8-10H2,1-3H3. The monoisotopic (exact) mass is 371 g/mol. The van der Waals surface area contributed by atoms with Crippen molar-refractivity contribution < 1.29 is 4.79 Å². The van der Waals surface area contributed by atoms with Crippen LogP contribution >= 0.6 is 27.5 Å². The molecule has 1 aliphatic rings. The Morgan fingerprint density at radius 3 is 2.62 bits per heavy atom. The number of halogens is 2. The molecule has 1 atom stereocenters. The van der Waals surface area contributed by atoms with E-state index in [0.717, 1.165) is 30.4 Å². The summed E-state index contributed by atoms with van der Waals surface area (Å²) in [6.07, 6.45) is 3.37. The Kier molecular flexibility index (Phi) is 5.37. The van der Waals surface area contributed by atoms with Crippen LogP contribution in [0, 0.1) is 11.3 Å². The van der Waals surface area contributed by atoms with Crippen LogP contribution in [0.4, 0.5) is 0 Å². The van der Waals surface area contributed by atoms with Crippen LogP contribution in [0.3, 0.4) is 0 Å². The fourth-order valence-corrected chi connectivity index (χ4v) is 3.85. The smallest absolute Gasteiger partial charge is 0.254 e. The Balaban J connectivity index is 2.10. The Hall–Kier alpha value is -0.540. The van der Waals surface area contributed by atoms with Crippen molar-refractivity contribution in [1.29, 1.82) is 0 Å². The molecule has 0 aromatic heterocycles. The van der Waals surface area contributed by atoms with Crippen LogP contribution in [0.5, 0.6) is 0 Å². The lowest BCUT2D eigenvalue weighted by Crippen LogP contribution is -2.32. The molecule has 116 valence electrons. The summed E-state index contributed by atoms with van der Waals surface area (Å²) in [5.74, 6) is 0.789. The average Bonchev–Trinajstić information content (AvgIpc) is 2.63. The van der Waals surface area contributed by atoms with E-state index in [0.29, 0.717) is 21.9 Å². The molecule has 4 heteroatoms. The van der Waals surface area contributed by atoms with Crippen molar-refractivity contribution in [1.82, 2.24) is 4.90 Å². The average molecular weight is 373 g/mol. The summed E-state index contributed by atoms with van der Waals surface area (Å²) in [7, 11) is 0. The van der Waals surface area contributed by atoms with Crippen LogP contribution in [0.1, 0.15) is 50.4 Å². The first-order chi connectivity index (χ1) is 9.79. The predicted octanol–water partition coefficient (Wildman–Crippen LogP) is 5.39. The molecule has 2 rings (SSSR count). The van der Waals surface area contributed by atoms with E-state index in [4.69, 9.17) is 11.6 Å². The summed E-state index contributed by atoms with van der Waals surface area (Å²) >= 11 is 9.39. The number of likely N-dealkylation sites (tertiary alicyclic amines) is 1. The second-order valence-electron chi connectivity index (χ2n) is 6.91. The van der Waals surface area contributed by atoms with Crippen molar-refractivity contribution in [2.24, 2.45) is 11.3 Å². The summed E-state index contributed by atoms with van der Waals surface area (Å²) in [5.41, 5.74) is 1.02. The maximum atomic E-state index is 12.7. The normalized spacial score (nSPS) is 20.2. The third kappa shape index (κ3) is 4.23. The highest BCUT2D eigenvalue weighted by atomic mass is 79.9. The van der Waals surface area contributed by atoms with Crippen LogP contribution in [0.2, 0.25) is 5.02 Å². The van der Waals surface area contributed by atoms with Crippen molar-refractivity contribution in [2.45, 2.75) is 40.0 Å². The molecule has 0 radical (unpaired) electrons. The second-order valence-corrected chi connectivity index (χ2v) is 8.20. The van der Waals surface area contributed by atoms with Crippen LogP contribution in [-0.2, 0) is 0 Å². The molecular formula is C17H23BrClNO. The Labute approximate surface area is 141 Å². The highest BCUT2D eigenvalue weighted by molar-refractivity contribution is 9.10. The van der Waals surface area contributed by atoms with Crippen molar-refractivity contribution in [3.63, 3.8) is 0 Å². The fourth-order valence-electron chi connectivity index (χ4n) is 3.00. The summed E-state index contributed by atoms with van der Waals surface area (Å²) in [5, 5.41) is 0.641. The topological polar surface area (TPSA) is 20.3 Å². The van der Waals surface area contributed by atoms with Crippen molar-refractivity contribution in [2.75, 3.05) is 13.1 Å². The Morgan fingerprint density at radius 2 is 2.00 bits per heavy atom. The van der Waals surface area contributed by atoms with Gasteiger partial charge in [0.2, 0.25) is 0 Å². The third-order valence-corrected chi connectivity index (χ3v) is 5.29. The molecule has 0 saturated carbocycles. The number of benzene rings is 1. The lowest BCUT2D eigenvalue weighted by atomic mass is 9.77. The predicted molar refractivity (Wildman–Crippen MR) is 91.9 cm³/mol. The number of hydrogen-bond donors (Lipinski definition) is 0. The Bertz CT molecular complexity index is 524. The molecule has 1 amide bonds. The maximum Gasteiger partial charge on any atom is 0.254 e. The second kappa shape index (κ2) is 6.70. The zero-order valence-corrected chi connectivity index (χ0v) is 15.3. The van der Waals surface area contributed by atoms with Gasteiger partial charge in [0.15, 0.2) is 0 Å². The molecule has 1 saturated heterocycles. The summed E-state index contributed by atoms with van der Waals surface area (Å²) in [4.78, 5) is 14.7. The minimum atomic E-state index is 0.105. The highest BCUT2D eigenvalue weighted by Gasteiger charge is 2.29. The molecule has 1 heterocycles. The van der Waals surface area contributed by atoms with Gasteiger partial charge in [-0.15, -0.1) is 0 Å². The van der Waals surface area contributed by atoms with E-state index in [-0.39, 0.29) is 5.91 Å². The zero-order chi connectivity index (χ0) is 15.6. The fraction of sp³-hybridized carbons (Fsp3) is 0.588. The van der Waals surface area contributed by atoms with Gasteiger partial charge in [0.25, 0.3) is 5.91 Å². The molecule has 1 aromatic rings. The van der Waals surface area contributed by atoms with Gasteiger partial charge in [-0.05, 0) is 64.7 Å². The quantitative estimate of drug-likeness (QED) is 0.647.